The van der Waals surface area contributed by atoms with Gasteiger partial charge in [-0.1, -0.05) is 30.0 Å². The van der Waals surface area contributed by atoms with Crippen molar-refractivity contribution < 1.29 is 23.8 Å². The maximum Gasteiger partial charge on any atom is 0.306 e. The summed E-state index contributed by atoms with van der Waals surface area (Å²) >= 11 is 3.29. The molecule has 0 bridgehead atoms. The van der Waals surface area contributed by atoms with Gasteiger partial charge in [0.2, 0.25) is 0 Å². The minimum absolute atomic E-state index is 0.259. The molecule has 1 aromatic heterocycles. The Morgan fingerprint density at radius 1 is 1.12 bits per heavy atom. The lowest BCUT2D eigenvalue weighted by Crippen LogP contribution is -2.30. The Labute approximate surface area is 194 Å². The summed E-state index contributed by atoms with van der Waals surface area (Å²) in [5.74, 6) is 1.58. The van der Waals surface area contributed by atoms with E-state index in [1.807, 2.05) is 36.4 Å². The van der Waals surface area contributed by atoms with Crippen LogP contribution < -0.4 is 14.8 Å². The fourth-order valence-electron chi connectivity index (χ4n) is 3.15. The minimum Gasteiger partial charge on any atom is -0.486 e. The third-order valence-electron chi connectivity index (χ3n) is 4.73. The van der Waals surface area contributed by atoms with E-state index in [2.05, 4.69) is 16.4 Å². The zero-order valence-corrected chi connectivity index (χ0v) is 19.1. The molecule has 0 unspecified atom stereocenters. The second-order valence-electron chi connectivity index (χ2n) is 7.14. The molecule has 32 heavy (non-hydrogen) atoms. The van der Waals surface area contributed by atoms with E-state index in [1.54, 1.807) is 23.1 Å². The van der Waals surface area contributed by atoms with Crippen LogP contribution in [-0.2, 0) is 20.7 Å². The molecule has 1 N–H and O–H groups in total. The highest BCUT2D eigenvalue weighted by molar-refractivity contribution is 8.01. The van der Waals surface area contributed by atoms with E-state index in [1.165, 1.54) is 0 Å². The monoisotopic (exact) mass is 472 g/mol. The number of ether oxygens (including phenoxy) is 3. The number of thiazole rings is 1. The average Bonchev–Trinajstić information content (AvgIpc) is 3.23. The number of hydrogen-bond acceptors (Lipinski definition) is 8. The Morgan fingerprint density at radius 2 is 1.97 bits per heavy atom. The first-order chi connectivity index (χ1) is 15.7. The SMILES string of the molecule is O=C(COC(=O)CCCSc1nc2ccccc2s1)NCCc1ccc2c(c1)OCCO2. The quantitative estimate of drug-likeness (QED) is 0.273. The van der Waals surface area contributed by atoms with Gasteiger partial charge in [0, 0.05) is 18.7 Å². The number of carbonyl (C=O) groups is 2. The summed E-state index contributed by atoms with van der Waals surface area (Å²) in [6, 6.07) is 13.8. The second-order valence-corrected chi connectivity index (χ2v) is 9.51. The zero-order valence-electron chi connectivity index (χ0n) is 17.5. The molecule has 1 aliphatic heterocycles. The highest BCUT2D eigenvalue weighted by Gasteiger charge is 2.12. The van der Waals surface area contributed by atoms with Crippen LogP contribution >= 0.6 is 23.1 Å². The first-order valence-electron chi connectivity index (χ1n) is 10.5. The molecule has 9 heteroatoms. The van der Waals surface area contributed by atoms with Crippen LogP contribution in [0.15, 0.2) is 46.8 Å². The largest absolute Gasteiger partial charge is 0.486 e. The number of aromatic nitrogens is 1. The molecule has 0 saturated carbocycles. The summed E-state index contributed by atoms with van der Waals surface area (Å²) in [6.07, 6.45) is 1.60. The summed E-state index contributed by atoms with van der Waals surface area (Å²) in [5.41, 5.74) is 2.04. The molecule has 4 rings (SSSR count). The number of amides is 1. The van der Waals surface area contributed by atoms with Crippen molar-refractivity contribution >= 4 is 45.2 Å². The van der Waals surface area contributed by atoms with Crippen molar-refractivity contribution in [1.29, 1.82) is 0 Å². The third-order valence-corrected chi connectivity index (χ3v) is 7.00. The van der Waals surface area contributed by atoms with E-state index in [4.69, 9.17) is 14.2 Å². The lowest BCUT2D eigenvalue weighted by Gasteiger charge is -2.18. The molecule has 0 atom stereocenters. The Balaban J connectivity index is 1.07. The molecule has 0 aliphatic carbocycles. The van der Waals surface area contributed by atoms with E-state index in [0.717, 1.165) is 37.4 Å². The van der Waals surface area contributed by atoms with Gasteiger partial charge in [-0.3, -0.25) is 9.59 Å². The lowest BCUT2D eigenvalue weighted by atomic mass is 10.1. The summed E-state index contributed by atoms with van der Waals surface area (Å²) < 4.78 is 18.3. The molecule has 0 fully saturated rings. The number of nitrogens with zero attached hydrogens (tertiary/aromatic N) is 1. The standard InChI is InChI=1S/C23H24N2O5S2/c26-21(24-10-9-16-7-8-18-19(14-16)29-12-11-28-18)15-30-22(27)6-3-13-31-23-25-17-4-1-2-5-20(17)32-23/h1-2,4-5,7-8,14H,3,6,9-13,15H2,(H,24,26). The summed E-state index contributed by atoms with van der Waals surface area (Å²) in [5, 5.41) is 2.77. The topological polar surface area (TPSA) is 86.8 Å². The average molecular weight is 473 g/mol. The molecule has 3 aromatic rings. The van der Waals surface area contributed by atoms with E-state index >= 15 is 0 Å². The van der Waals surface area contributed by atoms with Crippen LogP contribution in [0.1, 0.15) is 18.4 Å². The van der Waals surface area contributed by atoms with E-state index in [9.17, 15) is 9.59 Å². The number of carbonyl (C=O) groups excluding carboxylic acids is 2. The first-order valence-corrected chi connectivity index (χ1v) is 12.3. The molecular formula is C23H24N2O5S2. The van der Waals surface area contributed by atoms with Gasteiger partial charge in [-0.15, -0.1) is 11.3 Å². The van der Waals surface area contributed by atoms with Crippen LogP contribution in [0.4, 0.5) is 0 Å². The van der Waals surface area contributed by atoms with E-state index in [0.29, 0.717) is 32.6 Å². The highest BCUT2D eigenvalue weighted by Crippen LogP contribution is 2.31. The van der Waals surface area contributed by atoms with Crippen LogP contribution in [0, 0.1) is 0 Å². The molecule has 0 saturated heterocycles. The predicted octanol–water partition coefficient (Wildman–Crippen LogP) is 3.84. The molecule has 0 radical (unpaired) electrons. The molecule has 1 aliphatic rings. The number of benzene rings is 2. The lowest BCUT2D eigenvalue weighted by molar-refractivity contribution is -0.148. The van der Waals surface area contributed by atoms with Gasteiger partial charge in [0.1, 0.15) is 13.2 Å². The van der Waals surface area contributed by atoms with Gasteiger partial charge in [0.25, 0.3) is 5.91 Å². The zero-order chi connectivity index (χ0) is 22.2. The van der Waals surface area contributed by atoms with E-state index < -0.39 is 0 Å². The Kier molecular flexibility index (Phi) is 7.84. The molecule has 168 valence electrons. The Hall–Kier alpha value is -2.78. The number of para-hydroxylation sites is 1. The fourth-order valence-corrected chi connectivity index (χ4v) is 5.23. The van der Waals surface area contributed by atoms with Crippen LogP contribution in [-0.4, -0.2) is 49.0 Å². The summed E-state index contributed by atoms with van der Waals surface area (Å²) in [7, 11) is 0. The van der Waals surface area contributed by atoms with Gasteiger partial charge in [0.15, 0.2) is 22.4 Å². The minimum atomic E-state index is -0.364. The molecule has 0 spiro atoms. The van der Waals surface area contributed by atoms with Gasteiger partial charge in [-0.25, -0.2) is 4.98 Å². The van der Waals surface area contributed by atoms with Gasteiger partial charge in [-0.05, 0) is 42.7 Å². The molecule has 1 amide bonds. The molecule has 2 heterocycles. The Morgan fingerprint density at radius 3 is 2.84 bits per heavy atom. The maximum absolute atomic E-state index is 11.9. The van der Waals surface area contributed by atoms with E-state index in [-0.39, 0.29) is 24.9 Å². The van der Waals surface area contributed by atoms with Crippen molar-refractivity contribution in [1.82, 2.24) is 10.3 Å². The van der Waals surface area contributed by atoms with Gasteiger partial charge in [0.05, 0.1) is 10.2 Å². The number of fused-ring (bicyclic) bond motifs is 2. The van der Waals surface area contributed by atoms with Crippen molar-refractivity contribution in [3.05, 3.63) is 48.0 Å². The van der Waals surface area contributed by atoms with Crippen LogP contribution in [0.3, 0.4) is 0 Å². The number of hydrogen-bond donors (Lipinski definition) is 1. The van der Waals surface area contributed by atoms with Gasteiger partial charge >= 0.3 is 5.97 Å². The number of esters is 1. The Bertz CT molecular complexity index is 1050. The summed E-state index contributed by atoms with van der Waals surface area (Å²) in [4.78, 5) is 28.4. The third kappa shape index (κ3) is 6.37. The van der Waals surface area contributed by atoms with Crippen molar-refractivity contribution in [3.8, 4) is 11.5 Å². The maximum atomic E-state index is 11.9. The van der Waals surface area contributed by atoms with Crippen LogP contribution in [0.25, 0.3) is 10.2 Å². The van der Waals surface area contributed by atoms with Crippen LogP contribution in [0.5, 0.6) is 11.5 Å². The number of thioether (sulfide) groups is 1. The predicted molar refractivity (Wildman–Crippen MR) is 125 cm³/mol. The fraction of sp³-hybridized carbons (Fsp3) is 0.348. The van der Waals surface area contributed by atoms with Crippen molar-refractivity contribution in [2.75, 3.05) is 32.1 Å². The van der Waals surface area contributed by atoms with Crippen molar-refractivity contribution in [2.45, 2.75) is 23.6 Å². The molecular weight excluding hydrogens is 448 g/mol. The molecule has 7 nitrogen and oxygen atoms in total. The van der Waals surface area contributed by atoms with Gasteiger partial charge in [-0.2, -0.15) is 0 Å². The number of rotatable bonds is 10. The van der Waals surface area contributed by atoms with Crippen molar-refractivity contribution in [2.24, 2.45) is 0 Å². The normalized spacial score (nSPS) is 12.5. The van der Waals surface area contributed by atoms with Crippen molar-refractivity contribution in [3.63, 3.8) is 0 Å². The summed E-state index contributed by atoms with van der Waals surface area (Å²) in [6.45, 7) is 1.29. The smallest absolute Gasteiger partial charge is 0.306 e. The first kappa shape index (κ1) is 22.4. The van der Waals surface area contributed by atoms with Crippen LogP contribution in [0.2, 0.25) is 0 Å². The molecule has 2 aromatic carbocycles. The number of nitrogens with one attached hydrogen (secondary N) is 1. The highest BCUT2D eigenvalue weighted by atomic mass is 32.2. The van der Waals surface area contributed by atoms with Gasteiger partial charge < -0.3 is 19.5 Å². The second kappa shape index (κ2) is 11.2.